The van der Waals surface area contributed by atoms with E-state index >= 15 is 0 Å². The van der Waals surface area contributed by atoms with Crippen molar-refractivity contribution in [1.82, 2.24) is 19.2 Å². The number of carbonyl (C=O) groups is 1. The minimum absolute atomic E-state index is 0.0563. The minimum atomic E-state index is -4.56. The maximum absolute atomic E-state index is 12.7. The van der Waals surface area contributed by atoms with Crippen LogP contribution in [0.3, 0.4) is 0 Å². The summed E-state index contributed by atoms with van der Waals surface area (Å²) in [7, 11) is 1.35. The van der Waals surface area contributed by atoms with E-state index in [1.54, 1.807) is 4.90 Å². The molecule has 0 saturated heterocycles. The highest BCUT2D eigenvalue weighted by Crippen LogP contribution is 2.30. The van der Waals surface area contributed by atoms with Gasteiger partial charge in [-0.1, -0.05) is 0 Å². The van der Waals surface area contributed by atoms with Crippen molar-refractivity contribution in [3.05, 3.63) is 41.5 Å². The summed E-state index contributed by atoms with van der Waals surface area (Å²) >= 11 is 0. The maximum Gasteiger partial charge on any atom is 0.435 e. The first kappa shape index (κ1) is 14.7. The molecule has 1 unspecified atom stereocenters. The van der Waals surface area contributed by atoms with E-state index in [0.29, 0.717) is 13.1 Å². The first-order valence-electron chi connectivity index (χ1n) is 6.86. The van der Waals surface area contributed by atoms with Crippen molar-refractivity contribution >= 4 is 5.91 Å². The second kappa shape index (κ2) is 4.89. The summed E-state index contributed by atoms with van der Waals surface area (Å²) in [6.07, 6.45) is -2.63. The van der Waals surface area contributed by atoms with Gasteiger partial charge in [0.15, 0.2) is 5.69 Å². The van der Waals surface area contributed by atoms with Crippen LogP contribution in [-0.2, 0) is 19.8 Å². The number of aromatic nitrogens is 3. The number of alkyl halides is 3. The van der Waals surface area contributed by atoms with Crippen molar-refractivity contribution in [3.63, 3.8) is 0 Å². The third-order valence-electron chi connectivity index (χ3n) is 3.99. The van der Waals surface area contributed by atoms with Gasteiger partial charge < -0.3 is 9.47 Å². The molecule has 0 spiro atoms. The smallest absolute Gasteiger partial charge is 0.348 e. The Hall–Kier alpha value is -2.25. The lowest BCUT2D eigenvalue weighted by molar-refractivity contribution is -0.141. The van der Waals surface area contributed by atoms with E-state index in [2.05, 4.69) is 5.10 Å². The molecule has 22 heavy (non-hydrogen) atoms. The Morgan fingerprint density at radius 1 is 1.36 bits per heavy atom. The number of hydrogen-bond acceptors (Lipinski definition) is 2. The number of aryl methyl sites for hydroxylation is 1. The summed E-state index contributed by atoms with van der Waals surface area (Å²) in [5.74, 6) is -0.439. The largest absolute Gasteiger partial charge is 0.435 e. The fourth-order valence-corrected chi connectivity index (χ4v) is 2.81. The SMILES string of the molecule is CC1c2cccn2CCN1C(=O)c1cc(C(F)(F)F)nn1C. The quantitative estimate of drug-likeness (QED) is 0.812. The van der Waals surface area contributed by atoms with Gasteiger partial charge in [-0.2, -0.15) is 18.3 Å². The lowest BCUT2D eigenvalue weighted by Gasteiger charge is -2.34. The molecule has 1 atom stereocenters. The second-order valence-electron chi connectivity index (χ2n) is 5.34. The lowest BCUT2D eigenvalue weighted by Crippen LogP contribution is -2.41. The van der Waals surface area contributed by atoms with Crippen molar-refractivity contribution < 1.29 is 18.0 Å². The zero-order valence-corrected chi connectivity index (χ0v) is 12.1. The van der Waals surface area contributed by atoms with Gasteiger partial charge in [-0.15, -0.1) is 0 Å². The molecule has 0 saturated carbocycles. The van der Waals surface area contributed by atoms with Gasteiger partial charge in [0.1, 0.15) is 5.69 Å². The summed E-state index contributed by atoms with van der Waals surface area (Å²) in [5, 5.41) is 3.40. The number of amides is 1. The molecule has 0 N–H and O–H groups in total. The van der Waals surface area contributed by atoms with Crippen LogP contribution in [0, 0.1) is 0 Å². The van der Waals surface area contributed by atoms with Crippen LogP contribution in [0.25, 0.3) is 0 Å². The molecule has 0 radical (unpaired) electrons. The number of hydrogen-bond donors (Lipinski definition) is 0. The van der Waals surface area contributed by atoms with E-state index in [1.807, 2.05) is 29.8 Å². The summed E-state index contributed by atoms with van der Waals surface area (Å²) in [5.41, 5.74) is -0.136. The van der Waals surface area contributed by atoms with Crippen LogP contribution < -0.4 is 0 Å². The molecule has 3 rings (SSSR count). The van der Waals surface area contributed by atoms with Gasteiger partial charge in [-0.3, -0.25) is 9.48 Å². The Kier molecular flexibility index (Phi) is 3.26. The molecule has 2 aromatic rings. The fraction of sp³-hybridized carbons (Fsp3) is 0.429. The van der Waals surface area contributed by atoms with Gasteiger partial charge in [0.2, 0.25) is 0 Å². The molecule has 5 nitrogen and oxygen atoms in total. The van der Waals surface area contributed by atoms with Crippen molar-refractivity contribution in [1.29, 1.82) is 0 Å². The van der Waals surface area contributed by atoms with Gasteiger partial charge in [0.25, 0.3) is 5.91 Å². The molecule has 118 valence electrons. The van der Waals surface area contributed by atoms with Gasteiger partial charge >= 0.3 is 6.18 Å². The topological polar surface area (TPSA) is 43.1 Å². The zero-order valence-electron chi connectivity index (χ0n) is 12.1. The molecular formula is C14H15F3N4O. The highest BCUT2D eigenvalue weighted by atomic mass is 19.4. The Balaban J connectivity index is 1.91. The Morgan fingerprint density at radius 3 is 2.73 bits per heavy atom. The molecular weight excluding hydrogens is 297 g/mol. The Morgan fingerprint density at radius 2 is 2.09 bits per heavy atom. The fourth-order valence-electron chi connectivity index (χ4n) is 2.81. The van der Waals surface area contributed by atoms with Crippen LogP contribution >= 0.6 is 0 Å². The van der Waals surface area contributed by atoms with Crippen LogP contribution in [0.5, 0.6) is 0 Å². The second-order valence-corrected chi connectivity index (χ2v) is 5.34. The van der Waals surface area contributed by atoms with Crippen LogP contribution in [0.2, 0.25) is 0 Å². The first-order valence-corrected chi connectivity index (χ1v) is 6.86. The number of rotatable bonds is 1. The van der Waals surface area contributed by atoms with Gasteiger partial charge in [-0.05, 0) is 19.1 Å². The third kappa shape index (κ3) is 2.28. The maximum atomic E-state index is 12.7. The minimum Gasteiger partial charge on any atom is -0.348 e. The average molecular weight is 312 g/mol. The molecule has 3 heterocycles. The van der Waals surface area contributed by atoms with Gasteiger partial charge in [0, 0.05) is 38.1 Å². The van der Waals surface area contributed by atoms with Gasteiger partial charge in [0.05, 0.1) is 6.04 Å². The van der Waals surface area contributed by atoms with Crippen LogP contribution in [0.1, 0.15) is 34.8 Å². The normalized spacial score (nSPS) is 18.4. The van der Waals surface area contributed by atoms with E-state index in [1.165, 1.54) is 7.05 Å². The Bertz CT molecular complexity index is 716. The van der Waals surface area contributed by atoms with E-state index in [4.69, 9.17) is 0 Å². The average Bonchev–Trinajstić information content (AvgIpc) is 3.04. The monoisotopic (exact) mass is 312 g/mol. The van der Waals surface area contributed by atoms with Crippen LogP contribution in [-0.4, -0.2) is 31.7 Å². The van der Waals surface area contributed by atoms with Gasteiger partial charge in [-0.25, -0.2) is 0 Å². The highest BCUT2D eigenvalue weighted by Gasteiger charge is 2.37. The molecule has 0 aromatic carbocycles. The molecule has 0 bridgehead atoms. The predicted octanol–water partition coefficient (Wildman–Crippen LogP) is 2.46. The number of carbonyl (C=O) groups excluding carboxylic acids is 1. The van der Waals surface area contributed by atoms with E-state index < -0.39 is 17.8 Å². The van der Waals surface area contributed by atoms with E-state index in [9.17, 15) is 18.0 Å². The first-order chi connectivity index (χ1) is 10.3. The highest BCUT2D eigenvalue weighted by molar-refractivity contribution is 5.93. The molecule has 0 fully saturated rings. The standard InChI is InChI=1S/C14H15F3N4O/c1-9-10-4-3-5-20(10)6-7-21(9)13(22)11-8-12(14(15,16)17)18-19(11)2/h3-5,8-9H,6-7H2,1-2H3. The molecule has 1 amide bonds. The lowest BCUT2D eigenvalue weighted by atomic mass is 10.1. The number of fused-ring (bicyclic) bond motifs is 1. The summed E-state index contributed by atoms with van der Waals surface area (Å²) in [4.78, 5) is 14.2. The molecule has 1 aliphatic rings. The van der Waals surface area contributed by atoms with Crippen molar-refractivity contribution in [2.24, 2.45) is 7.05 Å². The van der Waals surface area contributed by atoms with Crippen LogP contribution in [0.4, 0.5) is 13.2 Å². The molecule has 2 aromatic heterocycles. The van der Waals surface area contributed by atoms with Crippen molar-refractivity contribution in [2.75, 3.05) is 6.54 Å². The van der Waals surface area contributed by atoms with Crippen molar-refractivity contribution in [3.8, 4) is 0 Å². The van der Waals surface area contributed by atoms with Crippen LogP contribution in [0.15, 0.2) is 24.4 Å². The summed E-state index contributed by atoms with van der Waals surface area (Å²) < 4.78 is 41.2. The van der Waals surface area contributed by atoms with Crippen molar-refractivity contribution in [2.45, 2.75) is 25.7 Å². The predicted molar refractivity (Wildman–Crippen MR) is 72.1 cm³/mol. The number of nitrogens with zero attached hydrogens (tertiary/aromatic N) is 4. The molecule has 0 aliphatic carbocycles. The zero-order chi connectivity index (χ0) is 16.1. The number of halogens is 3. The summed E-state index contributed by atoms with van der Waals surface area (Å²) in [6, 6.07) is 4.42. The Labute approximate surface area is 124 Å². The van der Waals surface area contributed by atoms with E-state index in [-0.39, 0.29) is 11.7 Å². The summed E-state index contributed by atoms with van der Waals surface area (Å²) in [6.45, 7) is 2.94. The van der Waals surface area contributed by atoms with E-state index in [0.717, 1.165) is 16.4 Å². The molecule has 8 heteroatoms. The third-order valence-corrected chi connectivity index (χ3v) is 3.99. The molecule has 1 aliphatic heterocycles.